The Labute approximate surface area is 150 Å². The van der Waals surface area contributed by atoms with Gasteiger partial charge in [-0.3, -0.25) is 4.79 Å². The van der Waals surface area contributed by atoms with Gasteiger partial charge in [-0.15, -0.1) is 0 Å². The minimum atomic E-state index is -0.462. The van der Waals surface area contributed by atoms with Crippen molar-refractivity contribution < 1.29 is 23.5 Å². The summed E-state index contributed by atoms with van der Waals surface area (Å²) < 4.78 is 21.0. The molecule has 0 fully saturated rings. The molecule has 134 valence electrons. The molecule has 0 radical (unpaired) electrons. The molecule has 7 heteroatoms. The molecule has 0 atom stereocenters. The third-order valence-corrected chi connectivity index (χ3v) is 3.60. The van der Waals surface area contributed by atoms with Gasteiger partial charge in [0, 0.05) is 6.07 Å². The molecule has 1 N–H and O–H groups in total. The number of anilines is 1. The number of nitrogens with one attached hydrogen (secondary N) is 1. The average Bonchev–Trinajstić information content (AvgIpc) is 3.16. The van der Waals surface area contributed by atoms with Crippen LogP contribution < -0.4 is 19.5 Å². The maximum atomic E-state index is 12.3. The molecule has 0 unspecified atom stereocenters. The molecule has 0 bridgehead atoms. The molecule has 0 saturated heterocycles. The van der Waals surface area contributed by atoms with Gasteiger partial charge in [-0.25, -0.2) is 0 Å². The van der Waals surface area contributed by atoms with E-state index in [0.29, 0.717) is 23.8 Å². The first-order valence-electron chi connectivity index (χ1n) is 7.86. The van der Waals surface area contributed by atoms with Crippen molar-refractivity contribution >= 4 is 11.6 Å². The van der Waals surface area contributed by atoms with Crippen molar-refractivity contribution in [2.24, 2.45) is 0 Å². The lowest BCUT2D eigenvalue weighted by molar-refractivity contribution is 0.0987. The lowest BCUT2D eigenvalue weighted by atomic mass is 10.2. The normalized spacial score (nSPS) is 10.2. The zero-order chi connectivity index (χ0) is 18.4. The SMILES string of the molecule is COc1ccc(NC(=O)c2cc(OCc3ccccc3)no2)c(OC)c1. The summed E-state index contributed by atoms with van der Waals surface area (Å²) in [5.74, 6) is 0.899. The van der Waals surface area contributed by atoms with Crippen LogP contribution in [0, 0.1) is 0 Å². The quantitative estimate of drug-likeness (QED) is 0.699. The van der Waals surface area contributed by atoms with Crippen LogP contribution in [0.3, 0.4) is 0 Å². The number of methoxy groups -OCH3 is 2. The minimum Gasteiger partial charge on any atom is -0.497 e. The number of carbonyl (C=O) groups excluding carboxylic acids is 1. The van der Waals surface area contributed by atoms with Gasteiger partial charge in [-0.05, 0) is 22.9 Å². The Morgan fingerprint density at radius 3 is 2.62 bits per heavy atom. The standard InChI is InChI=1S/C19H18N2O5/c1-23-14-8-9-15(16(10-14)24-2)20-19(22)17-11-18(21-26-17)25-12-13-6-4-3-5-7-13/h3-11H,12H2,1-2H3,(H,20,22). The van der Waals surface area contributed by atoms with Crippen LogP contribution in [0.15, 0.2) is 59.1 Å². The molecule has 1 amide bonds. The molecule has 1 heterocycles. The van der Waals surface area contributed by atoms with E-state index in [1.54, 1.807) is 25.3 Å². The summed E-state index contributed by atoms with van der Waals surface area (Å²) in [5.41, 5.74) is 1.48. The number of rotatable bonds is 7. The topological polar surface area (TPSA) is 82.8 Å². The Kier molecular flexibility index (Phi) is 5.38. The molecule has 0 aliphatic heterocycles. The van der Waals surface area contributed by atoms with Gasteiger partial charge in [0.2, 0.25) is 5.76 Å². The third kappa shape index (κ3) is 4.13. The van der Waals surface area contributed by atoms with Crippen LogP contribution in [0.25, 0.3) is 0 Å². The van der Waals surface area contributed by atoms with Crippen LogP contribution in [0.4, 0.5) is 5.69 Å². The second-order valence-electron chi connectivity index (χ2n) is 5.32. The van der Waals surface area contributed by atoms with E-state index in [1.165, 1.54) is 13.2 Å². The van der Waals surface area contributed by atoms with Crippen LogP contribution in [0.5, 0.6) is 17.4 Å². The van der Waals surface area contributed by atoms with Crippen molar-refractivity contribution in [1.29, 1.82) is 0 Å². The molecule has 0 aliphatic rings. The Morgan fingerprint density at radius 1 is 1.08 bits per heavy atom. The predicted molar refractivity (Wildman–Crippen MR) is 94.8 cm³/mol. The van der Waals surface area contributed by atoms with Crippen molar-refractivity contribution in [3.63, 3.8) is 0 Å². The Bertz CT molecular complexity index is 877. The summed E-state index contributed by atoms with van der Waals surface area (Å²) in [6.07, 6.45) is 0. The van der Waals surface area contributed by atoms with Gasteiger partial charge >= 0.3 is 0 Å². The van der Waals surface area contributed by atoms with Crippen LogP contribution in [0.2, 0.25) is 0 Å². The largest absolute Gasteiger partial charge is 0.497 e. The van der Waals surface area contributed by atoms with E-state index in [2.05, 4.69) is 10.5 Å². The molecular formula is C19H18N2O5. The van der Waals surface area contributed by atoms with Gasteiger partial charge in [0.05, 0.1) is 26.0 Å². The molecule has 0 spiro atoms. The zero-order valence-corrected chi connectivity index (χ0v) is 14.4. The molecule has 7 nitrogen and oxygen atoms in total. The van der Waals surface area contributed by atoms with Gasteiger partial charge in [0.25, 0.3) is 11.8 Å². The average molecular weight is 354 g/mol. The van der Waals surface area contributed by atoms with Gasteiger partial charge in [-0.1, -0.05) is 30.3 Å². The first-order chi connectivity index (χ1) is 12.7. The highest BCUT2D eigenvalue weighted by molar-refractivity contribution is 6.03. The van der Waals surface area contributed by atoms with E-state index in [9.17, 15) is 4.79 Å². The number of ether oxygens (including phenoxy) is 3. The van der Waals surface area contributed by atoms with Crippen molar-refractivity contribution in [2.45, 2.75) is 6.61 Å². The van der Waals surface area contributed by atoms with Crippen LogP contribution in [-0.2, 0) is 6.61 Å². The summed E-state index contributed by atoms with van der Waals surface area (Å²) >= 11 is 0. The number of nitrogens with zero attached hydrogens (tertiary/aromatic N) is 1. The lowest BCUT2D eigenvalue weighted by Crippen LogP contribution is -2.11. The summed E-state index contributed by atoms with van der Waals surface area (Å²) in [7, 11) is 3.06. The fourth-order valence-corrected chi connectivity index (χ4v) is 2.25. The van der Waals surface area contributed by atoms with E-state index in [1.807, 2.05) is 30.3 Å². The summed E-state index contributed by atoms with van der Waals surface area (Å²) in [5, 5.41) is 6.46. The maximum Gasteiger partial charge on any atom is 0.294 e. The van der Waals surface area contributed by atoms with Crippen molar-refractivity contribution in [3.8, 4) is 17.4 Å². The van der Waals surface area contributed by atoms with Gasteiger partial charge in [-0.2, -0.15) is 0 Å². The first kappa shape index (κ1) is 17.3. The highest BCUT2D eigenvalue weighted by Crippen LogP contribution is 2.29. The molecule has 2 aromatic carbocycles. The Morgan fingerprint density at radius 2 is 1.88 bits per heavy atom. The second kappa shape index (κ2) is 8.06. The number of aromatic nitrogens is 1. The monoisotopic (exact) mass is 354 g/mol. The molecule has 3 rings (SSSR count). The predicted octanol–water partition coefficient (Wildman–Crippen LogP) is 3.52. The molecule has 0 aliphatic carbocycles. The molecule has 26 heavy (non-hydrogen) atoms. The summed E-state index contributed by atoms with van der Waals surface area (Å²) in [6.45, 7) is 0.334. The number of benzene rings is 2. The Balaban J connectivity index is 1.65. The van der Waals surface area contributed by atoms with E-state index < -0.39 is 5.91 Å². The summed E-state index contributed by atoms with van der Waals surface area (Å²) in [4.78, 5) is 12.3. The van der Waals surface area contributed by atoms with Gasteiger partial charge < -0.3 is 24.1 Å². The number of hydrogen-bond donors (Lipinski definition) is 1. The highest BCUT2D eigenvalue weighted by atomic mass is 16.5. The zero-order valence-electron chi connectivity index (χ0n) is 14.4. The fourth-order valence-electron chi connectivity index (χ4n) is 2.25. The summed E-state index contributed by atoms with van der Waals surface area (Å²) in [6, 6.07) is 16.1. The fraction of sp³-hybridized carbons (Fsp3) is 0.158. The molecule has 1 aromatic heterocycles. The van der Waals surface area contributed by atoms with E-state index in [-0.39, 0.29) is 11.6 Å². The molecule has 3 aromatic rings. The second-order valence-corrected chi connectivity index (χ2v) is 5.32. The molecule has 0 saturated carbocycles. The molecular weight excluding hydrogens is 336 g/mol. The van der Waals surface area contributed by atoms with Crippen LogP contribution in [-0.4, -0.2) is 25.3 Å². The van der Waals surface area contributed by atoms with E-state index in [4.69, 9.17) is 18.7 Å². The van der Waals surface area contributed by atoms with Gasteiger partial charge in [0.1, 0.15) is 18.1 Å². The minimum absolute atomic E-state index is 0.0333. The number of hydrogen-bond acceptors (Lipinski definition) is 6. The number of amides is 1. The van der Waals surface area contributed by atoms with Crippen LogP contribution in [0.1, 0.15) is 16.1 Å². The first-order valence-corrected chi connectivity index (χ1v) is 7.86. The lowest BCUT2D eigenvalue weighted by Gasteiger charge is -2.10. The third-order valence-electron chi connectivity index (χ3n) is 3.60. The number of carbonyl (C=O) groups is 1. The van der Waals surface area contributed by atoms with Crippen molar-refractivity contribution in [1.82, 2.24) is 5.16 Å². The van der Waals surface area contributed by atoms with Crippen LogP contribution >= 0.6 is 0 Å². The smallest absolute Gasteiger partial charge is 0.294 e. The van der Waals surface area contributed by atoms with E-state index >= 15 is 0 Å². The van der Waals surface area contributed by atoms with Gasteiger partial charge in [0.15, 0.2) is 0 Å². The maximum absolute atomic E-state index is 12.3. The Hall–Kier alpha value is -3.48. The van der Waals surface area contributed by atoms with Crippen molar-refractivity contribution in [2.75, 3.05) is 19.5 Å². The van der Waals surface area contributed by atoms with E-state index in [0.717, 1.165) is 5.56 Å². The highest BCUT2D eigenvalue weighted by Gasteiger charge is 2.16. The van der Waals surface area contributed by atoms with Crippen molar-refractivity contribution in [3.05, 3.63) is 65.9 Å².